The Hall–Kier alpha value is -0.220. The van der Waals surface area contributed by atoms with E-state index in [4.69, 9.17) is 4.74 Å². The first-order valence-electron chi connectivity index (χ1n) is 2.02. The zero-order valence-corrected chi connectivity index (χ0v) is 6.17. The van der Waals surface area contributed by atoms with Crippen LogP contribution >= 0.6 is 24.4 Å². The maximum absolute atomic E-state index is 4.70. The SMILES string of the molecule is CN(C=S)COC=S. The number of rotatable bonds is 4. The summed E-state index contributed by atoms with van der Waals surface area (Å²) in [6, 6.07) is 0. The van der Waals surface area contributed by atoms with Crippen LogP contribution in [0.2, 0.25) is 0 Å². The Kier molecular flexibility index (Phi) is 4.79. The Morgan fingerprint density at radius 2 is 2.25 bits per heavy atom. The van der Waals surface area contributed by atoms with E-state index < -0.39 is 0 Å². The Balaban J connectivity index is 3.09. The summed E-state index contributed by atoms with van der Waals surface area (Å²) in [7, 11) is 1.81. The lowest BCUT2D eigenvalue weighted by Crippen LogP contribution is -2.17. The van der Waals surface area contributed by atoms with Crippen LogP contribution in [0, 0.1) is 0 Å². The minimum absolute atomic E-state index is 0.438. The standard InChI is InChI=1S/C4H7NOS2/c1-5(3-7)2-6-4-8/h3-4H,2H2,1H3. The van der Waals surface area contributed by atoms with Crippen molar-refractivity contribution in [3.8, 4) is 0 Å². The van der Waals surface area contributed by atoms with Gasteiger partial charge in [0.2, 0.25) is 0 Å². The summed E-state index contributed by atoms with van der Waals surface area (Å²) in [6.07, 6.45) is 0. The molecule has 0 fully saturated rings. The smallest absolute Gasteiger partial charge is 0.161 e. The van der Waals surface area contributed by atoms with Gasteiger partial charge in [-0.1, -0.05) is 12.2 Å². The normalized spacial score (nSPS) is 7.62. The molecule has 0 aromatic heterocycles. The molecule has 0 aromatic rings. The molecule has 8 heavy (non-hydrogen) atoms. The second-order valence-corrected chi connectivity index (χ2v) is 1.66. The highest BCUT2D eigenvalue weighted by molar-refractivity contribution is 7.79. The summed E-state index contributed by atoms with van der Waals surface area (Å²) in [5.74, 6) is 0. The van der Waals surface area contributed by atoms with E-state index in [1.807, 2.05) is 7.05 Å². The molecule has 0 spiro atoms. The second-order valence-electron chi connectivity index (χ2n) is 1.25. The highest BCUT2D eigenvalue weighted by atomic mass is 32.1. The lowest BCUT2D eigenvalue weighted by atomic mass is 10.9. The van der Waals surface area contributed by atoms with Gasteiger partial charge in [-0.25, -0.2) is 0 Å². The molecule has 0 rings (SSSR count). The minimum Gasteiger partial charge on any atom is -0.469 e. The molecule has 0 aliphatic heterocycles. The highest BCUT2D eigenvalue weighted by Crippen LogP contribution is 1.75. The molecular formula is C4H7NOS2. The van der Waals surface area contributed by atoms with E-state index in [1.165, 1.54) is 11.0 Å². The number of ether oxygens (including phenoxy) is 1. The summed E-state index contributed by atoms with van der Waals surface area (Å²) in [6.45, 7) is 0.438. The monoisotopic (exact) mass is 149 g/mol. The van der Waals surface area contributed by atoms with E-state index in [0.29, 0.717) is 6.73 Å². The molecule has 0 aliphatic rings. The zero-order chi connectivity index (χ0) is 6.41. The quantitative estimate of drug-likeness (QED) is 0.433. The highest BCUT2D eigenvalue weighted by Gasteiger charge is 1.84. The molecule has 2 nitrogen and oxygen atoms in total. The van der Waals surface area contributed by atoms with Gasteiger partial charge in [0.25, 0.3) is 0 Å². The van der Waals surface area contributed by atoms with Crippen LogP contribution in [0.15, 0.2) is 0 Å². The van der Waals surface area contributed by atoms with Crippen molar-refractivity contribution in [3.05, 3.63) is 0 Å². The van der Waals surface area contributed by atoms with Gasteiger partial charge in [-0.15, -0.1) is 0 Å². The zero-order valence-electron chi connectivity index (χ0n) is 4.53. The lowest BCUT2D eigenvalue weighted by molar-refractivity contribution is 0.224. The van der Waals surface area contributed by atoms with Gasteiger partial charge in [0, 0.05) is 7.05 Å². The largest absolute Gasteiger partial charge is 0.469 e. The Bertz CT molecular complexity index is 86.1. The number of hydrogen-bond donors (Lipinski definition) is 0. The molecule has 0 saturated carbocycles. The molecule has 0 atom stereocenters. The fraction of sp³-hybridized carbons (Fsp3) is 0.500. The number of hydrogen-bond acceptors (Lipinski definition) is 3. The van der Waals surface area contributed by atoms with Crippen molar-refractivity contribution in [1.29, 1.82) is 0 Å². The maximum Gasteiger partial charge on any atom is 0.161 e. The van der Waals surface area contributed by atoms with Gasteiger partial charge in [0.05, 0.1) is 5.49 Å². The summed E-state index contributed by atoms with van der Waals surface area (Å²) in [4.78, 5) is 1.71. The van der Waals surface area contributed by atoms with Crippen molar-refractivity contribution in [2.75, 3.05) is 13.8 Å². The van der Waals surface area contributed by atoms with E-state index in [2.05, 4.69) is 24.4 Å². The van der Waals surface area contributed by atoms with Crippen molar-refractivity contribution < 1.29 is 4.74 Å². The molecular weight excluding hydrogens is 142 g/mol. The van der Waals surface area contributed by atoms with Gasteiger partial charge in [0.15, 0.2) is 6.73 Å². The third-order valence-electron chi connectivity index (χ3n) is 0.526. The van der Waals surface area contributed by atoms with Crippen LogP contribution in [-0.4, -0.2) is 29.7 Å². The topological polar surface area (TPSA) is 12.5 Å². The second kappa shape index (κ2) is 4.93. The molecule has 4 heteroatoms. The maximum atomic E-state index is 4.70. The van der Waals surface area contributed by atoms with Crippen molar-refractivity contribution in [2.24, 2.45) is 0 Å². The lowest BCUT2D eigenvalue weighted by Gasteiger charge is -2.08. The van der Waals surface area contributed by atoms with Gasteiger partial charge in [0.1, 0.15) is 5.55 Å². The van der Waals surface area contributed by atoms with Crippen molar-refractivity contribution >= 4 is 35.5 Å². The van der Waals surface area contributed by atoms with Crippen LogP contribution < -0.4 is 0 Å². The Morgan fingerprint density at radius 1 is 1.62 bits per heavy atom. The molecule has 0 aromatic carbocycles. The van der Waals surface area contributed by atoms with Crippen molar-refractivity contribution in [3.63, 3.8) is 0 Å². The predicted octanol–water partition coefficient (Wildman–Crippen LogP) is 0.807. The molecule has 46 valence electrons. The summed E-state index contributed by atoms with van der Waals surface area (Å²) < 4.78 is 4.70. The van der Waals surface area contributed by atoms with Crippen LogP contribution in [0.5, 0.6) is 0 Å². The van der Waals surface area contributed by atoms with Gasteiger partial charge >= 0.3 is 0 Å². The Labute approximate surface area is 59.4 Å². The third-order valence-corrected chi connectivity index (χ3v) is 1.02. The molecule has 0 N–H and O–H groups in total. The molecule has 0 heterocycles. The first-order valence-corrected chi connectivity index (χ1v) is 2.96. The molecule has 0 radical (unpaired) electrons. The summed E-state index contributed by atoms with van der Waals surface area (Å²) in [5, 5.41) is 0. The van der Waals surface area contributed by atoms with Gasteiger partial charge in [-0.3, -0.25) is 0 Å². The van der Waals surface area contributed by atoms with Crippen LogP contribution in [0.25, 0.3) is 0 Å². The third kappa shape index (κ3) is 3.95. The van der Waals surface area contributed by atoms with Gasteiger partial charge < -0.3 is 9.64 Å². The van der Waals surface area contributed by atoms with E-state index in [1.54, 1.807) is 4.90 Å². The van der Waals surface area contributed by atoms with E-state index in [-0.39, 0.29) is 0 Å². The van der Waals surface area contributed by atoms with Crippen molar-refractivity contribution in [1.82, 2.24) is 4.90 Å². The average molecular weight is 149 g/mol. The first kappa shape index (κ1) is 7.78. The molecule has 0 bridgehead atoms. The van der Waals surface area contributed by atoms with Crippen LogP contribution in [0.4, 0.5) is 0 Å². The van der Waals surface area contributed by atoms with Crippen LogP contribution in [0.1, 0.15) is 0 Å². The van der Waals surface area contributed by atoms with Crippen LogP contribution in [-0.2, 0) is 4.74 Å². The molecule has 0 aliphatic carbocycles. The molecule has 0 unspecified atom stereocenters. The van der Waals surface area contributed by atoms with E-state index in [9.17, 15) is 0 Å². The first-order chi connectivity index (χ1) is 3.81. The van der Waals surface area contributed by atoms with Crippen molar-refractivity contribution in [2.45, 2.75) is 0 Å². The van der Waals surface area contributed by atoms with E-state index >= 15 is 0 Å². The fourth-order valence-corrected chi connectivity index (χ4v) is 0.300. The predicted molar refractivity (Wildman–Crippen MR) is 41.0 cm³/mol. The number of thiocarbonyl (C=S) groups is 2. The average Bonchev–Trinajstić information content (AvgIpc) is 1.83. The number of nitrogens with zero attached hydrogens (tertiary/aromatic N) is 1. The molecule has 0 saturated heterocycles. The van der Waals surface area contributed by atoms with E-state index in [0.717, 1.165) is 0 Å². The minimum atomic E-state index is 0.438. The van der Waals surface area contributed by atoms with Crippen LogP contribution in [0.3, 0.4) is 0 Å². The van der Waals surface area contributed by atoms with Gasteiger partial charge in [-0.2, -0.15) is 0 Å². The van der Waals surface area contributed by atoms with Gasteiger partial charge in [-0.05, 0) is 12.2 Å². The summed E-state index contributed by atoms with van der Waals surface area (Å²) >= 11 is 8.96. The summed E-state index contributed by atoms with van der Waals surface area (Å²) in [5.41, 5.74) is 2.72. The molecule has 0 amide bonds. The Morgan fingerprint density at radius 3 is 2.62 bits per heavy atom. The fourth-order valence-electron chi connectivity index (χ4n) is 0.178.